The second-order valence-electron chi connectivity index (χ2n) is 7.43. The number of ether oxygens (including phenoxy) is 1. The summed E-state index contributed by atoms with van der Waals surface area (Å²) in [4.78, 5) is 24.0. The highest BCUT2D eigenvalue weighted by atomic mass is 35.5. The molecule has 0 bridgehead atoms. The predicted molar refractivity (Wildman–Crippen MR) is 117 cm³/mol. The van der Waals surface area contributed by atoms with E-state index in [0.717, 1.165) is 16.7 Å². The first kappa shape index (κ1) is 22.0. The lowest BCUT2D eigenvalue weighted by Crippen LogP contribution is -2.35. The number of aliphatic hydroxyl groups excluding tert-OH is 1. The number of halogens is 1. The number of nitrogens with one attached hydrogen (secondary N) is 1. The van der Waals surface area contributed by atoms with Gasteiger partial charge < -0.3 is 24.6 Å². The van der Waals surface area contributed by atoms with Crippen molar-refractivity contribution in [2.24, 2.45) is 0 Å². The summed E-state index contributed by atoms with van der Waals surface area (Å²) in [6.07, 6.45) is -1.64. The van der Waals surface area contributed by atoms with Gasteiger partial charge in [-0.3, -0.25) is 14.9 Å². The number of nitrogens with zero attached hydrogens (tertiary/aromatic N) is 1. The SMILES string of the molecule is O=C(O)CNC(O)c1c(O)c2c(n(Cc3ccc(-c4ccccc4Cl)cc3)c1=O)COC2. The maximum Gasteiger partial charge on any atom is 0.317 e. The highest BCUT2D eigenvalue weighted by Crippen LogP contribution is 2.32. The summed E-state index contributed by atoms with van der Waals surface area (Å²) in [5, 5.41) is 32.7. The first-order chi connectivity index (χ1) is 15.4. The first-order valence-electron chi connectivity index (χ1n) is 9.89. The van der Waals surface area contributed by atoms with Crippen LogP contribution in [-0.2, 0) is 29.3 Å². The van der Waals surface area contributed by atoms with Gasteiger partial charge in [-0.05, 0) is 17.2 Å². The minimum absolute atomic E-state index is 0.0888. The summed E-state index contributed by atoms with van der Waals surface area (Å²) in [7, 11) is 0. The van der Waals surface area contributed by atoms with Crippen LogP contribution in [0.2, 0.25) is 5.02 Å². The Kier molecular flexibility index (Phi) is 6.29. The third kappa shape index (κ3) is 4.26. The Morgan fingerprint density at radius 3 is 2.56 bits per heavy atom. The van der Waals surface area contributed by atoms with Crippen LogP contribution in [0.5, 0.6) is 5.75 Å². The lowest BCUT2D eigenvalue weighted by Gasteiger charge is -2.19. The van der Waals surface area contributed by atoms with Crippen LogP contribution in [0.1, 0.15) is 28.6 Å². The van der Waals surface area contributed by atoms with Crippen LogP contribution in [0.25, 0.3) is 11.1 Å². The predicted octanol–water partition coefficient (Wildman–Crippen LogP) is 2.62. The number of fused-ring (bicyclic) bond motifs is 1. The maximum absolute atomic E-state index is 13.2. The number of carbonyl (C=O) groups is 1. The van der Waals surface area contributed by atoms with Crippen molar-refractivity contribution >= 4 is 17.6 Å². The molecule has 2 heterocycles. The Morgan fingerprint density at radius 2 is 1.88 bits per heavy atom. The molecule has 0 saturated carbocycles. The van der Waals surface area contributed by atoms with E-state index < -0.39 is 24.3 Å². The highest BCUT2D eigenvalue weighted by Gasteiger charge is 2.29. The van der Waals surface area contributed by atoms with Crippen LogP contribution in [0.15, 0.2) is 53.3 Å². The van der Waals surface area contributed by atoms with Crippen molar-refractivity contribution in [3.8, 4) is 16.9 Å². The maximum atomic E-state index is 13.2. The third-order valence-electron chi connectivity index (χ3n) is 5.38. The topological polar surface area (TPSA) is 121 Å². The molecule has 1 unspecified atom stereocenters. The second kappa shape index (κ2) is 9.13. The average molecular weight is 457 g/mol. The highest BCUT2D eigenvalue weighted by molar-refractivity contribution is 6.33. The van der Waals surface area contributed by atoms with Crippen LogP contribution in [-0.4, -0.2) is 32.4 Å². The van der Waals surface area contributed by atoms with Crippen molar-refractivity contribution in [3.63, 3.8) is 0 Å². The molecule has 9 heteroatoms. The lowest BCUT2D eigenvalue weighted by molar-refractivity contribution is -0.136. The third-order valence-corrected chi connectivity index (χ3v) is 5.71. The molecule has 1 aliphatic rings. The number of carboxylic acid groups (broad SMARTS) is 1. The molecule has 3 aromatic rings. The van der Waals surface area contributed by atoms with E-state index >= 15 is 0 Å². The van der Waals surface area contributed by atoms with E-state index in [1.165, 1.54) is 4.57 Å². The number of carboxylic acids is 1. The molecule has 0 fully saturated rings. The number of pyridine rings is 1. The van der Waals surface area contributed by atoms with Gasteiger partial charge in [0.15, 0.2) is 0 Å². The Morgan fingerprint density at radius 1 is 1.16 bits per heavy atom. The van der Waals surface area contributed by atoms with Crippen LogP contribution >= 0.6 is 11.6 Å². The van der Waals surface area contributed by atoms with Gasteiger partial charge in [0.2, 0.25) is 0 Å². The molecule has 1 aliphatic heterocycles. The Hall–Kier alpha value is -3.17. The molecule has 2 aromatic carbocycles. The number of rotatable bonds is 7. The fourth-order valence-electron chi connectivity index (χ4n) is 3.77. The summed E-state index contributed by atoms with van der Waals surface area (Å²) in [5.41, 5.74) is 2.66. The number of benzene rings is 2. The van der Waals surface area contributed by atoms with E-state index in [4.69, 9.17) is 21.4 Å². The van der Waals surface area contributed by atoms with E-state index in [0.29, 0.717) is 16.3 Å². The smallest absolute Gasteiger partial charge is 0.317 e. The molecule has 0 saturated heterocycles. The molecular formula is C23H21ClN2O6. The summed E-state index contributed by atoms with van der Waals surface area (Å²) < 4.78 is 6.86. The molecule has 8 nitrogen and oxygen atoms in total. The fraction of sp³-hybridized carbons (Fsp3) is 0.217. The van der Waals surface area contributed by atoms with Crippen LogP contribution < -0.4 is 10.9 Å². The first-order valence-corrected chi connectivity index (χ1v) is 10.3. The molecule has 166 valence electrons. The summed E-state index contributed by atoms with van der Waals surface area (Å²) in [6, 6.07) is 15.1. The fourth-order valence-corrected chi connectivity index (χ4v) is 4.01. The van der Waals surface area contributed by atoms with Gasteiger partial charge in [-0.2, -0.15) is 0 Å². The average Bonchev–Trinajstić information content (AvgIpc) is 3.26. The normalized spacial score (nSPS) is 13.7. The summed E-state index contributed by atoms with van der Waals surface area (Å²) >= 11 is 6.27. The molecular weight excluding hydrogens is 436 g/mol. The van der Waals surface area contributed by atoms with E-state index in [9.17, 15) is 19.8 Å². The number of hydrogen-bond donors (Lipinski definition) is 4. The van der Waals surface area contributed by atoms with Gasteiger partial charge in [0, 0.05) is 16.1 Å². The Labute approximate surface area is 188 Å². The Balaban J connectivity index is 1.69. The summed E-state index contributed by atoms with van der Waals surface area (Å²) in [5.74, 6) is -1.58. The van der Waals surface area contributed by atoms with Crippen molar-refractivity contribution in [2.75, 3.05) is 6.54 Å². The van der Waals surface area contributed by atoms with E-state index in [1.54, 1.807) is 0 Å². The minimum atomic E-state index is -1.64. The summed E-state index contributed by atoms with van der Waals surface area (Å²) in [6.45, 7) is -0.149. The van der Waals surface area contributed by atoms with E-state index in [1.807, 2.05) is 48.5 Å². The minimum Gasteiger partial charge on any atom is -0.507 e. The molecule has 4 rings (SSSR count). The van der Waals surface area contributed by atoms with Gasteiger partial charge >= 0.3 is 5.97 Å². The van der Waals surface area contributed by atoms with Gasteiger partial charge in [-0.15, -0.1) is 0 Å². The van der Waals surface area contributed by atoms with Crippen molar-refractivity contribution < 1.29 is 24.9 Å². The second-order valence-corrected chi connectivity index (χ2v) is 7.83. The van der Waals surface area contributed by atoms with Crippen molar-refractivity contribution in [3.05, 3.63) is 86.3 Å². The Bertz CT molecular complexity index is 1220. The molecule has 0 aliphatic carbocycles. The molecule has 4 N–H and O–H groups in total. The lowest BCUT2D eigenvalue weighted by atomic mass is 10.0. The number of aromatic hydroxyl groups is 1. The van der Waals surface area contributed by atoms with Crippen LogP contribution in [0, 0.1) is 0 Å². The van der Waals surface area contributed by atoms with Crippen LogP contribution in [0.4, 0.5) is 0 Å². The van der Waals surface area contributed by atoms with Crippen molar-refractivity contribution in [2.45, 2.75) is 26.0 Å². The monoisotopic (exact) mass is 456 g/mol. The number of aliphatic hydroxyl groups is 1. The van der Waals surface area contributed by atoms with Gasteiger partial charge in [-0.1, -0.05) is 54.1 Å². The molecule has 0 radical (unpaired) electrons. The van der Waals surface area contributed by atoms with E-state index in [2.05, 4.69) is 5.32 Å². The molecule has 0 amide bonds. The van der Waals surface area contributed by atoms with Crippen molar-refractivity contribution in [1.82, 2.24) is 9.88 Å². The van der Waals surface area contributed by atoms with Gasteiger partial charge in [0.1, 0.15) is 17.5 Å². The molecule has 1 atom stereocenters. The number of aliphatic carboxylic acids is 1. The van der Waals surface area contributed by atoms with E-state index in [-0.39, 0.29) is 31.1 Å². The number of aromatic nitrogens is 1. The zero-order chi connectivity index (χ0) is 22.8. The number of hydrogen-bond acceptors (Lipinski definition) is 6. The molecule has 32 heavy (non-hydrogen) atoms. The van der Waals surface area contributed by atoms with Crippen molar-refractivity contribution in [1.29, 1.82) is 0 Å². The van der Waals surface area contributed by atoms with Gasteiger partial charge in [0.25, 0.3) is 5.56 Å². The quantitative estimate of drug-likeness (QED) is 0.403. The molecule has 0 spiro atoms. The standard InChI is InChI=1S/C23H21ClN2O6/c24-17-4-2-1-3-15(17)14-7-5-13(6-8-14)10-26-18-12-32-11-16(18)21(29)20(23(26)31)22(30)25-9-19(27)28/h1-8,22,25,29-30H,9-12H2,(H,27,28). The van der Waals surface area contributed by atoms with Crippen LogP contribution in [0.3, 0.4) is 0 Å². The van der Waals surface area contributed by atoms with Gasteiger partial charge in [0.05, 0.1) is 32.0 Å². The zero-order valence-electron chi connectivity index (χ0n) is 16.9. The molecule has 1 aromatic heterocycles. The largest absolute Gasteiger partial charge is 0.507 e. The van der Waals surface area contributed by atoms with Gasteiger partial charge in [-0.25, -0.2) is 0 Å². The zero-order valence-corrected chi connectivity index (χ0v) is 17.7.